The van der Waals surface area contributed by atoms with E-state index >= 15 is 0 Å². The Morgan fingerprint density at radius 1 is 0.517 bits per heavy atom. The summed E-state index contributed by atoms with van der Waals surface area (Å²) in [5.74, 6) is -0.146. The summed E-state index contributed by atoms with van der Waals surface area (Å²) in [6, 6.07) is -0.710. The van der Waals surface area contributed by atoms with E-state index in [0.29, 0.717) is 12.8 Å². The number of carbonyl (C=O) groups excluding carboxylic acids is 1. The molecule has 6 N–H and O–H groups in total. The number of nitrogens with one attached hydrogen (secondary N) is 1. The maximum Gasteiger partial charge on any atom is 0.220 e. The Bertz CT molecular complexity index is 878. The Morgan fingerprint density at radius 3 is 1.22 bits per heavy atom. The molecule has 0 bridgehead atoms. The van der Waals surface area contributed by atoms with Gasteiger partial charge in [-0.1, -0.05) is 232 Å². The van der Waals surface area contributed by atoms with E-state index in [9.17, 15) is 30.3 Å². The molecular formula is C49H97NO8. The molecule has 0 spiro atoms. The lowest BCUT2D eigenvalue weighted by molar-refractivity contribution is -0.302. The predicted octanol–water partition coefficient (Wildman–Crippen LogP) is 11.1. The molecule has 58 heavy (non-hydrogen) atoms. The van der Waals surface area contributed by atoms with Crippen molar-refractivity contribution in [2.75, 3.05) is 13.2 Å². The number of hydrogen-bond donors (Lipinski definition) is 6. The average molecular weight is 828 g/mol. The Morgan fingerprint density at radius 2 is 0.862 bits per heavy atom. The van der Waals surface area contributed by atoms with Crippen LogP contribution in [0.4, 0.5) is 0 Å². The molecule has 0 aromatic heterocycles. The quantitative estimate of drug-likeness (QED) is 0.0333. The van der Waals surface area contributed by atoms with Crippen LogP contribution >= 0.6 is 0 Å². The number of aliphatic hydroxyl groups is 5. The standard InChI is InChI=1S/C49H97NO8/c1-3-5-7-9-11-13-14-15-16-17-18-19-20-21-22-23-24-25-26-27-28-29-30-31-32-34-36-38-43(52)42(50-45(53)39-37-35-33-12-10-8-6-4-2)41-57-49-48(56)47(55)46(54)44(40-51)58-49/h42-44,46-49,51-52,54-56H,3-41H2,1-2H3,(H,50,53). The largest absolute Gasteiger partial charge is 0.394 e. The van der Waals surface area contributed by atoms with Crippen LogP contribution < -0.4 is 5.32 Å². The number of hydrogen-bond acceptors (Lipinski definition) is 8. The second-order valence-electron chi connectivity index (χ2n) is 18.0. The molecule has 0 radical (unpaired) electrons. The molecule has 0 aromatic rings. The third kappa shape index (κ3) is 30.3. The van der Waals surface area contributed by atoms with Crippen molar-refractivity contribution < 1.29 is 39.8 Å². The van der Waals surface area contributed by atoms with Crippen molar-refractivity contribution in [3.8, 4) is 0 Å². The minimum Gasteiger partial charge on any atom is -0.394 e. The molecule has 346 valence electrons. The van der Waals surface area contributed by atoms with E-state index < -0.39 is 49.5 Å². The van der Waals surface area contributed by atoms with Gasteiger partial charge in [0.15, 0.2) is 6.29 Å². The lowest BCUT2D eigenvalue weighted by Gasteiger charge is -2.40. The Labute approximate surface area is 357 Å². The third-order valence-corrected chi connectivity index (χ3v) is 12.5. The van der Waals surface area contributed by atoms with Crippen molar-refractivity contribution in [3.63, 3.8) is 0 Å². The fraction of sp³-hybridized carbons (Fsp3) is 0.980. The second-order valence-corrected chi connectivity index (χ2v) is 18.0. The first kappa shape index (κ1) is 55.2. The summed E-state index contributed by atoms with van der Waals surface area (Å²) in [6.07, 6.45) is 38.7. The van der Waals surface area contributed by atoms with Crippen LogP contribution in [0.1, 0.15) is 251 Å². The summed E-state index contributed by atoms with van der Waals surface area (Å²) in [5, 5.41) is 54.3. The average Bonchev–Trinajstić information content (AvgIpc) is 3.22. The zero-order chi connectivity index (χ0) is 42.3. The molecule has 0 aliphatic carbocycles. The molecule has 0 aromatic carbocycles. The van der Waals surface area contributed by atoms with E-state index in [1.165, 1.54) is 186 Å². The minimum atomic E-state index is -1.55. The van der Waals surface area contributed by atoms with Gasteiger partial charge in [0.1, 0.15) is 24.4 Å². The van der Waals surface area contributed by atoms with Gasteiger partial charge in [0.05, 0.1) is 25.4 Å². The molecule has 0 saturated carbocycles. The smallest absolute Gasteiger partial charge is 0.220 e. The van der Waals surface area contributed by atoms with Gasteiger partial charge in [0, 0.05) is 6.42 Å². The second kappa shape index (κ2) is 40.3. The number of aliphatic hydroxyl groups excluding tert-OH is 5. The van der Waals surface area contributed by atoms with Crippen LogP contribution in [0.15, 0.2) is 0 Å². The van der Waals surface area contributed by atoms with E-state index in [-0.39, 0.29) is 12.5 Å². The minimum absolute atomic E-state index is 0.132. The molecule has 7 unspecified atom stereocenters. The van der Waals surface area contributed by atoms with Gasteiger partial charge in [-0.3, -0.25) is 4.79 Å². The first-order chi connectivity index (χ1) is 28.3. The first-order valence-corrected chi connectivity index (χ1v) is 25.2. The van der Waals surface area contributed by atoms with Crippen LogP contribution in [0.25, 0.3) is 0 Å². The summed E-state index contributed by atoms with van der Waals surface area (Å²) in [5.41, 5.74) is 0. The van der Waals surface area contributed by atoms with Crippen LogP contribution in [-0.4, -0.2) is 87.5 Å². The summed E-state index contributed by atoms with van der Waals surface area (Å²) in [4.78, 5) is 12.9. The summed E-state index contributed by atoms with van der Waals surface area (Å²) in [7, 11) is 0. The third-order valence-electron chi connectivity index (χ3n) is 12.5. The van der Waals surface area contributed by atoms with Crippen molar-refractivity contribution in [1.29, 1.82) is 0 Å². The van der Waals surface area contributed by atoms with Crippen molar-refractivity contribution in [2.45, 2.75) is 294 Å². The molecule has 1 rings (SSSR count). The number of unbranched alkanes of at least 4 members (excludes halogenated alkanes) is 33. The highest BCUT2D eigenvalue weighted by molar-refractivity contribution is 5.76. The molecule has 9 nitrogen and oxygen atoms in total. The molecule has 1 amide bonds. The summed E-state index contributed by atoms with van der Waals surface area (Å²) >= 11 is 0. The van der Waals surface area contributed by atoms with Gasteiger partial charge < -0.3 is 40.3 Å². The normalized spacial score (nSPS) is 20.7. The van der Waals surface area contributed by atoms with E-state index in [0.717, 1.165) is 38.5 Å². The highest BCUT2D eigenvalue weighted by atomic mass is 16.7. The molecule has 9 heteroatoms. The number of ether oxygens (including phenoxy) is 2. The van der Waals surface area contributed by atoms with Crippen LogP contribution in [0.5, 0.6) is 0 Å². The van der Waals surface area contributed by atoms with Crippen LogP contribution in [0.3, 0.4) is 0 Å². The summed E-state index contributed by atoms with van der Waals surface area (Å²) < 4.78 is 11.2. The Kier molecular flexibility index (Phi) is 38.3. The number of amides is 1. The van der Waals surface area contributed by atoms with E-state index in [1.54, 1.807) is 0 Å². The van der Waals surface area contributed by atoms with E-state index in [1.807, 2.05) is 0 Å². The van der Waals surface area contributed by atoms with Crippen LogP contribution in [0, 0.1) is 0 Å². The monoisotopic (exact) mass is 828 g/mol. The van der Waals surface area contributed by atoms with Crippen molar-refractivity contribution >= 4 is 5.91 Å². The van der Waals surface area contributed by atoms with Gasteiger partial charge in [-0.2, -0.15) is 0 Å². The molecular weight excluding hydrogens is 731 g/mol. The number of carbonyl (C=O) groups is 1. The van der Waals surface area contributed by atoms with Crippen molar-refractivity contribution in [1.82, 2.24) is 5.32 Å². The zero-order valence-electron chi connectivity index (χ0n) is 38.1. The fourth-order valence-corrected chi connectivity index (χ4v) is 8.40. The topological polar surface area (TPSA) is 149 Å². The predicted molar refractivity (Wildman–Crippen MR) is 240 cm³/mol. The van der Waals surface area contributed by atoms with Gasteiger partial charge in [-0.05, 0) is 12.8 Å². The molecule has 1 fully saturated rings. The van der Waals surface area contributed by atoms with Crippen LogP contribution in [0.2, 0.25) is 0 Å². The van der Waals surface area contributed by atoms with Gasteiger partial charge in [-0.15, -0.1) is 0 Å². The van der Waals surface area contributed by atoms with Crippen molar-refractivity contribution in [2.24, 2.45) is 0 Å². The van der Waals surface area contributed by atoms with Crippen LogP contribution in [-0.2, 0) is 14.3 Å². The maximum atomic E-state index is 12.9. The molecule has 1 saturated heterocycles. The first-order valence-electron chi connectivity index (χ1n) is 25.2. The lowest BCUT2D eigenvalue weighted by Crippen LogP contribution is -2.60. The molecule has 1 aliphatic rings. The molecule has 1 heterocycles. The van der Waals surface area contributed by atoms with E-state index in [4.69, 9.17) is 9.47 Å². The maximum absolute atomic E-state index is 12.9. The Balaban J connectivity index is 2.13. The SMILES string of the molecule is CCCCCCCCCCCCCCCCCCCCCCCCCCCCCC(O)C(COC1OC(CO)C(O)C(O)C1O)NC(=O)CCCCCCCCCC. The highest BCUT2D eigenvalue weighted by Crippen LogP contribution is 2.23. The molecule has 1 aliphatic heterocycles. The van der Waals surface area contributed by atoms with Gasteiger partial charge in [-0.25, -0.2) is 0 Å². The van der Waals surface area contributed by atoms with Gasteiger partial charge in [0.25, 0.3) is 0 Å². The zero-order valence-corrected chi connectivity index (χ0v) is 38.1. The van der Waals surface area contributed by atoms with Gasteiger partial charge in [0.2, 0.25) is 5.91 Å². The number of rotatable bonds is 43. The molecule has 7 atom stereocenters. The van der Waals surface area contributed by atoms with E-state index in [2.05, 4.69) is 19.2 Å². The van der Waals surface area contributed by atoms with Crippen molar-refractivity contribution in [3.05, 3.63) is 0 Å². The summed E-state index contributed by atoms with van der Waals surface area (Å²) in [6.45, 7) is 3.82. The van der Waals surface area contributed by atoms with Gasteiger partial charge >= 0.3 is 0 Å². The fourth-order valence-electron chi connectivity index (χ4n) is 8.40. The Hall–Kier alpha value is -0.810. The lowest BCUT2D eigenvalue weighted by atomic mass is 9.99. The highest BCUT2D eigenvalue weighted by Gasteiger charge is 2.44.